The molecule has 154 valence electrons. The second-order valence-electron chi connectivity index (χ2n) is 7.55. The van der Waals surface area contributed by atoms with Gasteiger partial charge in [0.2, 0.25) is 0 Å². The van der Waals surface area contributed by atoms with Crippen molar-refractivity contribution in [1.82, 2.24) is 14.5 Å². The van der Waals surface area contributed by atoms with Crippen LogP contribution < -0.4 is 9.47 Å². The number of hydrogen-bond donors (Lipinski definition) is 0. The molecule has 0 radical (unpaired) electrons. The van der Waals surface area contributed by atoms with Gasteiger partial charge in [0.15, 0.2) is 11.5 Å². The Kier molecular flexibility index (Phi) is 6.00. The van der Waals surface area contributed by atoms with Gasteiger partial charge >= 0.3 is 0 Å². The first-order valence-electron chi connectivity index (χ1n) is 10.2. The SMILES string of the molecule is COc1ccc(CN2CCC(n3c(C)nc4ccccc43)CC2)cc1OCCF. The molecule has 0 spiro atoms. The molecule has 0 saturated carbocycles. The number of imidazole rings is 1. The van der Waals surface area contributed by atoms with Gasteiger partial charge < -0.3 is 14.0 Å². The summed E-state index contributed by atoms with van der Waals surface area (Å²) in [7, 11) is 1.60. The summed E-state index contributed by atoms with van der Waals surface area (Å²) in [5, 5.41) is 0. The average molecular weight is 397 g/mol. The zero-order valence-corrected chi connectivity index (χ0v) is 17.1. The average Bonchev–Trinajstić information content (AvgIpc) is 3.08. The van der Waals surface area contributed by atoms with Crippen molar-refractivity contribution in [3.63, 3.8) is 0 Å². The summed E-state index contributed by atoms with van der Waals surface area (Å²) in [6, 6.07) is 14.8. The highest BCUT2D eigenvalue weighted by Crippen LogP contribution is 2.31. The van der Waals surface area contributed by atoms with E-state index in [9.17, 15) is 4.39 Å². The van der Waals surface area contributed by atoms with E-state index in [1.165, 1.54) is 5.52 Å². The first kappa shape index (κ1) is 19.7. The summed E-state index contributed by atoms with van der Waals surface area (Å²) >= 11 is 0. The number of likely N-dealkylation sites (tertiary alicyclic amines) is 1. The van der Waals surface area contributed by atoms with Crippen molar-refractivity contribution < 1.29 is 13.9 Å². The molecular formula is C23H28FN3O2. The number of rotatable bonds is 7. The standard InChI is InChI=1S/C23H28FN3O2/c1-17-25-20-5-3-4-6-21(20)27(17)19-9-12-26(13-10-19)16-18-7-8-22(28-2)23(15-18)29-14-11-24/h3-8,15,19H,9-14,16H2,1-2H3. The lowest BCUT2D eigenvalue weighted by atomic mass is 10.0. The summed E-state index contributed by atoms with van der Waals surface area (Å²) in [6.07, 6.45) is 2.20. The van der Waals surface area contributed by atoms with Gasteiger partial charge in [0.05, 0.1) is 18.1 Å². The Hall–Kier alpha value is -2.60. The van der Waals surface area contributed by atoms with Crippen LogP contribution in [0.25, 0.3) is 11.0 Å². The number of aromatic nitrogens is 2. The number of ether oxygens (including phenoxy) is 2. The minimum Gasteiger partial charge on any atom is -0.493 e. The number of alkyl halides is 1. The Labute approximate surface area is 171 Å². The van der Waals surface area contributed by atoms with E-state index in [1.54, 1.807) is 7.11 Å². The van der Waals surface area contributed by atoms with Crippen LogP contribution in [-0.4, -0.2) is 47.9 Å². The normalized spacial score (nSPS) is 15.7. The largest absolute Gasteiger partial charge is 0.493 e. The van der Waals surface area contributed by atoms with Crippen LogP contribution in [-0.2, 0) is 6.54 Å². The van der Waals surface area contributed by atoms with Crippen molar-refractivity contribution in [2.24, 2.45) is 0 Å². The third kappa shape index (κ3) is 4.22. The molecule has 0 atom stereocenters. The molecule has 4 rings (SSSR count). The maximum atomic E-state index is 12.5. The Morgan fingerprint density at radius 3 is 2.66 bits per heavy atom. The zero-order valence-electron chi connectivity index (χ0n) is 17.1. The van der Waals surface area contributed by atoms with Crippen molar-refractivity contribution in [2.75, 3.05) is 33.5 Å². The molecule has 0 amide bonds. The third-order valence-electron chi connectivity index (χ3n) is 5.66. The lowest BCUT2D eigenvalue weighted by Gasteiger charge is -2.33. The number of aryl methyl sites for hydroxylation is 1. The van der Waals surface area contributed by atoms with Gasteiger partial charge in [0.1, 0.15) is 19.1 Å². The number of nitrogens with zero attached hydrogens (tertiary/aromatic N) is 3. The molecule has 1 fully saturated rings. The Morgan fingerprint density at radius 1 is 1.10 bits per heavy atom. The molecule has 5 nitrogen and oxygen atoms in total. The number of benzene rings is 2. The summed E-state index contributed by atoms with van der Waals surface area (Å²) in [5.41, 5.74) is 3.46. The number of fused-ring (bicyclic) bond motifs is 1. The summed E-state index contributed by atoms with van der Waals surface area (Å²) < 4.78 is 25.7. The van der Waals surface area contributed by atoms with E-state index in [2.05, 4.69) is 40.7 Å². The van der Waals surface area contributed by atoms with Crippen LogP contribution in [0.5, 0.6) is 11.5 Å². The van der Waals surface area contributed by atoms with Crippen molar-refractivity contribution >= 4 is 11.0 Å². The number of hydrogen-bond acceptors (Lipinski definition) is 4. The van der Waals surface area contributed by atoms with Crippen molar-refractivity contribution in [3.8, 4) is 11.5 Å². The maximum Gasteiger partial charge on any atom is 0.161 e. The van der Waals surface area contributed by atoms with Gasteiger partial charge in [0.25, 0.3) is 0 Å². The number of para-hydroxylation sites is 2. The molecule has 0 N–H and O–H groups in total. The highest BCUT2D eigenvalue weighted by atomic mass is 19.1. The van der Waals surface area contributed by atoms with Crippen LogP contribution >= 0.6 is 0 Å². The number of piperidine rings is 1. The van der Waals surface area contributed by atoms with Gasteiger partial charge in [-0.15, -0.1) is 0 Å². The quantitative estimate of drug-likeness (QED) is 0.587. The predicted octanol–water partition coefficient (Wildman–Crippen LogP) is 4.54. The van der Waals surface area contributed by atoms with E-state index in [-0.39, 0.29) is 6.61 Å². The number of halogens is 1. The van der Waals surface area contributed by atoms with Gasteiger partial charge in [-0.05, 0) is 49.6 Å². The predicted molar refractivity (Wildman–Crippen MR) is 112 cm³/mol. The first-order chi connectivity index (χ1) is 14.2. The molecule has 29 heavy (non-hydrogen) atoms. The van der Waals surface area contributed by atoms with Crippen molar-refractivity contribution in [2.45, 2.75) is 32.4 Å². The minimum absolute atomic E-state index is 0.0451. The molecule has 1 aliphatic rings. The smallest absolute Gasteiger partial charge is 0.161 e. The van der Waals surface area contributed by atoms with Gasteiger partial charge in [-0.25, -0.2) is 9.37 Å². The fourth-order valence-corrected chi connectivity index (χ4v) is 4.30. The Morgan fingerprint density at radius 2 is 1.90 bits per heavy atom. The van der Waals surface area contributed by atoms with E-state index in [0.29, 0.717) is 17.5 Å². The Balaban J connectivity index is 1.42. The third-order valence-corrected chi connectivity index (χ3v) is 5.66. The van der Waals surface area contributed by atoms with Gasteiger partial charge in [0, 0.05) is 25.7 Å². The van der Waals surface area contributed by atoms with Crippen LogP contribution in [0.3, 0.4) is 0 Å². The lowest BCUT2D eigenvalue weighted by molar-refractivity contribution is 0.180. The second kappa shape index (κ2) is 8.82. The summed E-state index contributed by atoms with van der Waals surface area (Å²) in [4.78, 5) is 7.19. The molecule has 1 aromatic heterocycles. The zero-order chi connectivity index (χ0) is 20.2. The molecule has 0 aliphatic carbocycles. The van der Waals surface area contributed by atoms with Crippen molar-refractivity contribution in [1.29, 1.82) is 0 Å². The fourth-order valence-electron chi connectivity index (χ4n) is 4.30. The van der Waals surface area contributed by atoms with E-state index >= 15 is 0 Å². The highest BCUT2D eigenvalue weighted by molar-refractivity contribution is 5.76. The van der Waals surface area contributed by atoms with E-state index < -0.39 is 6.67 Å². The molecule has 2 heterocycles. The minimum atomic E-state index is -0.511. The molecule has 2 aromatic carbocycles. The second-order valence-corrected chi connectivity index (χ2v) is 7.55. The monoisotopic (exact) mass is 397 g/mol. The molecule has 6 heteroatoms. The lowest BCUT2D eigenvalue weighted by Crippen LogP contribution is -2.34. The van der Waals surface area contributed by atoms with Gasteiger partial charge in [-0.2, -0.15) is 0 Å². The van der Waals surface area contributed by atoms with Crippen LogP contribution in [0, 0.1) is 6.92 Å². The van der Waals surface area contributed by atoms with Crippen LogP contribution in [0.2, 0.25) is 0 Å². The molecule has 1 saturated heterocycles. The van der Waals surface area contributed by atoms with Crippen LogP contribution in [0.1, 0.15) is 30.3 Å². The maximum absolute atomic E-state index is 12.5. The van der Waals surface area contributed by atoms with Gasteiger partial charge in [-0.1, -0.05) is 18.2 Å². The summed E-state index contributed by atoms with van der Waals surface area (Å²) in [5.74, 6) is 2.34. The molecule has 0 unspecified atom stereocenters. The molecule has 1 aliphatic heterocycles. The van der Waals surface area contributed by atoms with Crippen molar-refractivity contribution in [3.05, 3.63) is 53.9 Å². The first-order valence-corrected chi connectivity index (χ1v) is 10.2. The van der Waals surface area contributed by atoms with E-state index in [0.717, 1.165) is 49.4 Å². The Bertz CT molecular complexity index is 964. The van der Waals surface area contributed by atoms with E-state index in [4.69, 9.17) is 14.5 Å². The highest BCUT2D eigenvalue weighted by Gasteiger charge is 2.23. The molecule has 3 aromatic rings. The van der Waals surface area contributed by atoms with Gasteiger partial charge in [-0.3, -0.25) is 4.90 Å². The van der Waals surface area contributed by atoms with Crippen LogP contribution in [0.15, 0.2) is 42.5 Å². The molecule has 0 bridgehead atoms. The topological polar surface area (TPSA) is 39.5 Å². The molecular weight excluding hydrogens is 369 g/mol. The summed E-state index contributed by atoms with van der Waals surface area (Å²) in [6.45, 7) is 4.55. The van der Waals surface area contributed by atoms with Crippen LogP contribution in [0.4, 0.5) is 4.39 Å². The fraction of sp³-hybridized carbons (Fsp3) is 0.435. The number of methoxy groups -OCH3 is 1. The van der Waals surface area contributed by atoms with E-state index in [1.807, 2.05) is 18.2 Å².